The zero-order chi connectivity index (χ0) is 12.6. The summed E-state index contributed by atoms with van der Waals surface area (Å²) in [7, 11) is 0. The fraction of sp³-hybridized carbons (Fsp3) is 0.545. The van der Waals surface area contributed by atoms with Crippen LogP contribution in [0.15, 0.2) is 5.51 Å². The molecule has 0 bridgehead atoms. The minimum absolute atomic E-state index is 0.0371. The number of carbonyl (C=O) groups excluding carboxylic acids is 2. The van der Waals surface area contributed by atoms with Crippen LogP contribution in [-0.4, -0.2) is 33.8 Å². The monoisotopic (exact) mass is 253 g/mol. The van der Waals surface area contributed by atoms with Gasteiger partial charge in [0.05, 0.1) is 17.7 Å². The van der Waals surface area contributed by atoms with Crippen LogP contribution in [0.2, 0.25) is 0 Å². The van der Waals surface area contributed by atoms with Gasteiger partial charge in [0, 0.05) is 4.88 Å². The molecule has 17 heavy (non-hydrogen) atoms. The van der Waals surface area contributed by atoms with Crippen LogP contribution >= 0.6 is 11.3 Å². The number of carbonyl (C=O) groups is 2. The molecule has 6 heteroatoms. The first-order valence-electron chi connectivity index (χ1n) is 5.50. The largest absolute Gasteiger partial charge is 0.343 e. The zero-order valence-corrected chi connectivity index (χ0v) is 10.9. The molecule has 0 spiro atoms. The topological polar surface area (TPSA) is 62.3 Å². The third-order valence-electron chi connectivity index (χ3n) is 3.02. The van der Waals surface area contributed by atoms with E-state index in [-0.39, 0.29) is 11.8 Å². The summed E-state index contributed by atoms with van der Waals surface area (Å²) in [5.41, 5.74) is 2.68. The molecule has 92 valence electrons. The molecule has 0 saturated carbocycles. The Morgan fingerprint density at radius 1 is 1.47 bits per heavy atom. The first-order valence-corrected chi connectivity index (χ1v) is 6.38. The molecule has 1 saturated heterocycles. The number of aromatic nitrogens is 1. The second-order valence-electron chi connectivity index (χ2n) is 4.23. The van der Waals surface area contributed by atoms with Crippen molar-refractivity contribution in [1.82, 2.24) is 15.2 Å². The number of aryl methyl sites for hydroxylation is 1. The van der Waals surface area contributed by atoms with Gasteiger partial charge in [-0.1, -0.05) is 0 Å². The van der Waals surface area contributed by atoms with Crippen LogP contribution in [-0.2, 0) is 16.1 Å². The Labute approximate surface area is 104 Å². The van der Waals surface area contributed by atoms with Crippen LogP contribution in [0.25, 0.3) is 0 Å². The molecule has 1 aliphatic rings. The maximum absolute atomic E-state index is 12.0. The molecule has 1 fully saturated rings. The highest BCUT2D eigenvalue weighted by atomic mass is 32.1. The molecule has 5 nitrogen and oxygen atoms in total. The molecule has 0 aromatic carbocycles. The van der Waals surface area contributed by atoms with Gasteiger partial charge in [-0.05, 0) is 20.8 Å². The highest BCUT2D eigenvalue weighted by Gasteiger charge is 2.35. The van der Waals surface area contributed by atoms with Gasteiger partial charge in [-0.3, -0.25) is 9.59 Å². The number of rotatable bonds is 2. The lowest BCUT2D eigenvalue weighted by molar-refractivity contribution is -0.148. The first-order chi connectivity index (χ1) is 8.00. The Morgan fingerprint density at radius 2 is 2.18 bits per heavy atom. The Bertz CT molecular complexity index is 457. The third kappa shape index (κ3) is 2.17. The number of thiazole rings is 1. The molecule has 1 N–H and O–H groups in total. The summed E-state index contributed by atoms with van der Waals surface area (Å²) in [4.78, 5) is 30.5. The summed E-state index contributed by atoms with van der Waals surface area (Å²) in [5.74, 6) is -0.135. The Balaban J connectivity index is 2.20. The fourth-order valence-electron chi connectivity index (χ4n) is 1.82. The van der Waals surface area contributed by atoms with Crippen molar-refractivity contribution in [3.05, 3.63) is 16.1 Å². The molecule has 0 aliphatic carbocycles. The van der Waals surface area contributed by atoms with E-state index >= 15 is 0 Å². The summed E-state index contributed by atoms with van der Waals surface area (Å²) in [6, 6.07) is -0.855. The Kier molecular flexibility index (Phi) is 3.15. The normalized spacial score (nSPS) is 25.0. The van der Waals surface area contributed by atoms with Crippen molar-refractivity contribution in [3.8, 4) is 0 Å². The first kappa shape index (κ1) is 12.0. The number of hydrogen-bond acceptors (Lipinski definition) is 4. The molecule has 0 radical (unpaired) electrons. The molecule has 1 aliphatic heterocycles. The van der Waals surface area contributed by atoms with Crippen molar-refractivity contribution in [2.24, 2.45) is 0 Å². The fourth-order valence-corrected chi connectivity index (χ4v) is 2.60. The summed E-state index contributed by atoms with van der Waals surface area (Å²) in [6.45, 7) is 5.83. The van der Waals surface area contributed by atoms with Crippen molar-refractivity contribution in [2.45, 2.75) is 39.4 Å². The van der Waals surface area contributed by atoms with Crippen LogP contribution in [0.5, 0.6) is 0 Å². The van der Waals surface area contributed by atoms with E-state index in [0.29, 0.717) is 6.54 Å². The van der Waals surface area contributed by atoms with E-state index in [2.05, 4.69) is 10.3 Å². The molecular formula is C11H15N3O2S. The smallest absolute Gasteiger partial charge is 0.245 e. The molecule has 2 unspecified atom stereocenters. The van der Waals surface area contributed by atoms with E-state index in [4.69, 9.17) is 0 Å². The lowest BCUT2D eigenvalue weighted by atomic mass is 10.1. The summed E-state index contributed by atoms with van der Waals surface area (Å²) >= 11 is 1.51. The SMILES string of the molecule is Cc1ncsc1CN1C(=O)C(C)NC(=O)C1C. The molecular weight excluding hydrogens is 238 g/mol. The van der Waals surface area contributed by atoms with Crippen molar-refractivity contribution < 1.29 is 9.59 Å². The number of nitrogens with one attached hydrogen (secondary N) is 1. The van der Waals surface area contributed by atoms with Crippen LogP contribution < -0.4 is 5.32 Å². The van der Waals surface area contributed by atoms with Crippen LogP contribution in [0, 0.1) is 6.92 Å². The molecule has 2 atom stereocenters. The highest BCUT2D eigenvalue weighted by molar-refractivity contribution is 7.09. The van der Waals surface area contributed by atoms with Crippen molar-refractivity contribution in [2.75, 3.05) is 0 Å². The zero-order valence-electron chi connectivity index (χ0n) is 10.1. The molecule has 2 rings (SSSR count). The van der Waals surface area contributed by atoms with E-state index in [1.165, 1.54) is 11.3 Å². The maximum Gasteiger partial charge on any atom is 0.245 e. The van der Waals surface area contributed by atoms with Gasteiger partial charge in [-0.25, -0.2) is 4.98 Å². The molecule has 2 amide bonds. The minimum Gasteiger partial charge on any atom is -0.343 e. The molecule has 2 heterocycles. The number of piperazine rings is 1. The quantitative estimate of drug-likeness (QED) is 0.843. The predicted octanol–water partition coefficient (Wildman–Crippen LogP) is 0.687. The van der Waals surface area contributed by atoms with E-state index in [9.17, 15) is 9.59 Å². The summed E-state index contributed by atoms with van der Waals surface area (Å²) < 4.78 is 0. The predicted molar refractivity (Wildman–Crippen MR) is 64.5 cm³/mol. The third-order valence-corrected chi connectivity index (χ3v) is 3.94. The van der Waals surface area contributed by atoms with E-state index in [0.717, 1.165) is 10.6 Å². The van der Waals surface area contributed by atoms with Crippen LogP contribution in [0.3, 0.4) is 0 Å². The van der Waals surface area contributed by atoms with Gasteiger partial charge in [0.1, 0.15) is 12.1 Å². The summed E-state index contributed by atoms with van der Waals surface area (Å²) in [6.07, 6.45) is 0. The highest BCUT2D eigenvalue weighted by Crippen LogP contribution is 2.19. The van der Waals surface area contributed by atoms with Gasteiger partial charge >= 0.3 is 0 Å². The maximum atomic E-state index is 12.0. The number of amides is 2. The van der Waals surface area contributed by atoms with Crippen LogP contribution in [0.1, 0.15) is 24.4 Å². The van der Waals surface area contributed by atoms with Crippen molar-refractivity contribution in [1.29, 1.82) is 0 Å². The minimum atomic E-state index is -0.438. The van der Waals surface area contributed by atoms with E-state index < -0.39 is 12.1 Å². The lowest BCUT2D eigenvalue weighted by Crippen LogP contribution is -2.60. The second kappa shape index (κ2) is 4.44. The lowest BCUT2D eigenvalue weighted by Gasteiger charge is -2.35. The number of nitrogens with zero attached hydrogens (tertiary/aromatic N) is 2. The second-order valence-corrected chi connectivity index (χ2v) is 5.17. The van der Waals surface area contributed by atoms with E-state index in [1.54, 1.807) is 24.3 Å². The van der Waals surface area contributed by atoms with Crippen molar-refractivity contribution >= 4 is 23.2 Å². The Morgan fingerprint density at radius 3 is 2.76 bits per heavy atom. The van der Waals surface area contributed by atoms with Gasteiger partial charge in [0.25, 0.3) is 0 Å². The van der Waals surface area contributed by atoms with Gasteiger partial charge in [-0.2, -0.15) is 0 Å². The molecule has 1 aromatic rings. The van der Waals surface area contributed by atoms with Gasteiger partial charge in [0.15, 0.2) is 0 Å². The van der Waals surface area contributed by atoms with Gasteiger partial charge < -0.3 is 10.2 Å². The Hall–Kier alpha value is -1.43. The van der Waals surface area contributed by atoms with E-state index in [1.807, 2.05) is 6.92 Å². The van der Waals surface area contributed by atoms with Crippen LogP contribution in [0.4, 0.5) is 0 Å². The van der Waals surface area contributed by atoms with Crippen molar-refractivity contribution in [3.63, 3.8) is 0 Å². The van der Waals surface area contributed by atoms with Gasteiger partial charge in [-0.15, -0.1) is 11.3 Å². The standard InChI is InChI=1S/C11H15N3O2S/c1-6-9(17-5-12-6)4-14-8(3)10(15)13-7(2)11(14)16/h5,7-8H,4H2,1-3H3,(H,13,15). The molecule has 1 aromatic heterocycles. The average molecular weight is 253 g/mol. The van der Waals surface area contributed by atoms with Gasteiger partial charge in [0.2, 0.25) is 11.8 Å². The number of hydrogen-bond donors (Lipinski definition) is 1. The summed E-state index contributed by atoms with van der Waals surface area (Å²) in [5, 5.41) is 2.66. The average Bonchev–Trinajstić information content (AvgIpc) is 2.68.